The smallest absolute Gasteiger partial charge is 0.268 e. The molecule has 9 heteroatoms. The molecule has 0 fully saturated rings. The van der Waals surface area contributed by atoms with Gasteiger partial charge in [0.25, 0.3) is 7.82 Å². The molecule has 3 atom stereocenters. The molecule has 0 aromatic carbocycles. The largest absolute Gasteiger partial charge is 0.756 e. The van der Waals surface area contributed by atoms with Crippen molar-refractivity contribution in [3.63, 3.8) is 0 Å². The molecule has 0 bridgehead atoms. The molecular formula is C36H75N2O6P. The summed E-state index contributed by atoms with van der Waals surface area (Å²) in [5.74, 6) is -0.167. The first-order valence-electron chi connectivity index (χ1n) is 18.9. The number of aliphatic hydroxyl groups excluding tert-OH is 1. The van der Waals surface area contributed by atoms with E-state index in [0.29, 0.717) is 23.9 Å². The Labute approximate surface area is 279 Å². The summed E-state index contributed by atoms with van der Waals surface area (Å²) < 4.78 is 23.1. The molecule has 0 heterocycles. The van der Waals surface area contributed by atoms with Crippen LogP contribution in [0.5, 0.6) is 0 Å². The lowest BCUT2D eigenvalue weighted by atomic mass is 10.0. The lowest BCUT2D eigenvalue weighted by Crippen LogP contribution is -2.46. The third kappa shape index (κ3) is 31.8. The van der Waals surface area contributed by atoms with Crippen LogP contribution in [0.25, 0.3) is 0 Å². The number of hydrogen-bond donors (Lipinski definition) is 2. The van der Waals surface area contributed by atoms with Gasteiger partial charge >= 0.3 is 0 Å². The van der Waals surface area contributed by atoms with E-state index in [4.69, 9.17) is 9.05 Å². The van der Waals surface area contributed by atoms with E-state index in [-0.39, 0.29) is 19.1 Å². The monoisotopic (exact) mass is 663 g/mol. The Morgan fingerprint density at radius 3 is 1.51 bits per heavy atom. The van der Waals surface area contributed by atoms with Gasteiger partial charge in [-0.05, 0) is 12.8 Å². The number of unbranched alkanes of at least 4 members (excludes halogenated alkanes) is 21. The first kappa shape index (κ1) is 44.5. The molecule has 0 saturated carbocycles. The maximum absolute atomic E-state index is 12.7. The van der Waals surface area contributed by atoms with Gasteiger partial charge in [-0.1, -0.05) is 155 Å². The minimum Gasteiger partial charge on any atom is -0.756 e. The van der Waals surface area contributed by atoms with Crippen LogP contribution in [0.3, 0.4) is 0 Å². The summed E-state index contributed by atoms with van der Waals surface area (Å²) in [5, 5.41) is 13.8. The fraction of sp³-hybridized carbons (Fsp3) is 0.972. The van der Waals surface area contributed by atoms with Crippen LogP contribution in [-0.4, -0.2) is 68.5 Å². The fourth-order valence-electron chi connectivity index (χ4n) is 5.51. The summed E-state index contributed by atoms with van der Waals surface area (Å²) in [6.45, 7) is 4.69. The maximum atomic E-state index is 12.7. The second-order valence-electron chi connectivity index (χ2n) is 14.3. The fourth-order valence-corrected chi connectivity index (χ4v) is 6.23. The molecule has 0 aliphatic carbocycles. The number of quaternary nitrogens is 1. The third-order valence-corrected chi connectivity index (χ3v) is 9.56. The predicted octanol–water partition coefficient (Wildman–Crippen LogP) is 8.83. The predicted molar refractivity (Wildman–Crippen MR) is 187 cm³/mol. The molecule has 3 unspecified atom stereocenters. The molecule has 2 N–H and O–H groups in total. The van der Waals surface area contributed by atoms with Gasteiger partial charge in [0.15, 0.2) is 0 Å². The van der Waals surface area contributed by atoms with E-state index in [1.54, 1.807) is 0 Å². The quantitative estimate of drug-likeness (QED) is 0.0405. The van der Waals surface area contributed by atoms with Gasteiger partial charge in [-0.3, -0.25) is 9.36 Å². The lowest BCUT2D eigenvalue weighted by molar-refractivity contribution is -0.870. The average Bonchev–Trinajstić information content (AvgIpc) is 2.97. The molecular weight excluding hydrogens is 587 g/mol. The average molecular weight is 663 g/mol. The zero-order valence-corrected chi connectivity index (χ0v) is 31.2. The van der Waals surface area contributed by atoms with Crippen molar-refractivity contribution in [2.24, 2.45) is 0 Å². The van der Waals surface area contributed by atoms with Crippen LogP contribution >= 0.6 is 7.82 Å². The van der Waals surface area contributed by atoms with Crippen LogP contribution in [0.4, 0.5) is 0 Å². The van der Waals surface area contributed by atoms with E-state index >= 15 is 0 Å². The van der Waals surface area contributed by atoms with E-state index in [2.05, 4.69) is 19.2 Å². The SMILES string of the molecule is CCCCCCCCCCCCCCCC(O)C(COP(=O)([O-])OCC[N+](C)(C)C)NC(=O)CCCCCCCCCCCC. The van der Waals surface area contributed by atoms with Crippen molar-refractivity contribution in [2.45, 2.75) is 187 Å². The highest BCUT2D eigenvalue weighted by atomic mass is 31.2. The van der Waals surface area contributed by atoms with Gasteiger partial charge in [-0.25, -0.2) is 0 Å². The van der Waals surface area contributed by atoms with Crippen LogP contribution in [0.1, 0.15) is 174 Å². The number of nitrogens with zero attached hydrogens (tertiary/aromatic N) is 1. The van der Waals surface area contributed by atoms with Gasteiger partial charge in [0.2, 0.25) is 5.91 Å². The summed E-state index contributed by atoms with van der Waals surface area (Å²) in [6, 6.07) is -0.790. The second kappa shape index (κ2) is 29.6. The number of rotatable bonds is 34. The van der Waals surface area contributed by atoms with Gasteiger partial charge in [0.05, 0.1) is 39.9 Å². The van der Waals surface area contributed by atoms with Crippen molar-refractivity contribution in [3.05, 3.63) is 0 Å². The van der Waals surface area contributed by atoms with Gasteiger partial charge in [0.1, 0.15) is 13.2 Å². The summed E-state index contributed by atoms with van der Waals surface area (Å²) in [5.41, 5.74) is 0. The molecule has 0 aliphatic rings. The number of carbonyl (C=O) groups excluding carboxylic acids is 1. The molecule has 0 aromatic heterocycles. The van der Waals surface area contributed by atoms with Crippen LogP contribution in [0.15, 0.2) is 0 Å². The normalized spacial score (nSPS) is 14.7. The number of hydrogen-bond acceptors (Lipinski definition) is 6. The molecule has 1 amide bonds. The van der Waals surface area contributed by atoms with E-state index in [1.165, 1.54) is 109 Å². The zero-order valence-electron chi connectivity index (χ0n) is 30.3. The van der Waals surface area contributed by atoms with Gasteiger partial charge in [0, 0.05) is 6.42 Å². The molecule has 0 rings (SSSR count). The van der Waals surface area contributed by atoms with E-state index in [0.717, 1.165) is 38.5 Å². The molecule has 45 heavy (non-hydrogen) atoms. The van der Waals surface area contributed by atoms with Crippen LogP contribution < -0.4 is 10.2 Å². The van der Waals surface area contributed by atoms with Crippen molar-refractivity contribution < 1.29 is 32.9 Å². The molecule has 0 spiro atoms. The summed E-state index contributed by atoms with van der Waals surface area (Å²) >= 11 is 0. The maximum Gasteiger partial charge on any atom is 0.268 e. The van der Waals surface area contributed by atoms with Gasteiger partial charge in [-0.2, -0.15) is 0 Å². The molecule has 8 nitrogen and oxygen atoms in total. The minimum atomic E-state index is -4.54. The van der Waals surface area contributed by atoms with Gasteiger partial charge < -0.3 is 28.8 Å². The number of likely N-dealkylation sites (N-methyl/N-ethyl adjacent to an activating group) is 1. The second-order valence-corrected chi connectivity index (χ2v) is 15.7. The van der Waals surface area contributed by atoms with E-state index in [9.17, 15) is 19.4 Å². The van der Waals surface area contributed by atoms with Crippen LogP contribution in [0.2, 0.25) is 0 Å². The first-order valence-corrected chi connectivity index (χ1v) is 20.3. The number of aliphatic hydroxyl groups is 1. The Kier molecular flexibility index (Phi) is 29.3. The highest BCUT2D eigenvalue weighted by Crippen LogP contribution is 2.38. The molecule has 0 aliphatic heterocycles. The van der Waals surface area contributed by atoms with Crippen LogP contribution in [-0.2, 0) is 18.4 Å². The number of carbonyl (C=O) groups is 1. The lowest BCUT2D eigenvalue weighted by Gasteiger charge is -2.30. The highest BCUT2D eigenvalue weighted by Gasteiger charge is 2.24. The van der Waals surface area contributed by atoms with Crippen molar-refractivity contribution >= 4 is 13.7 Å². The molecule has 0 aromatic rings. The Morgan fingerprint density at radius 1 is 0.689 bits per heavy atom. The van der Waals surface area contributed by atoms with Crippen molar-refractivity contribution in [3.8, 4) is 0 Å². The van der Waals surface area contributed by atoms with E-state index in [1.807, 2.05) is 21.1 Å². The van der Waals surface area contributed by atoms with E-state index < -0.39 is 20.0 Å². The Bertz CT molecular complexity index is 718. The topological polar surface area (TPSA) is 108 Å². The summed E-state index contributed by atoms with van der Waals surface area (Å²) in [6.07, 6.45) is 28.1. The summed E-state index contributed by atoms with van der Waals surface area (Å²) in [4.78, 5) is 25.1. The Hall–Kier alpha value is -0.500. The Balaban J connectivity index is 4.46. The summed E-state index contributed by atoms with van der Waals surface area (Å²) in [7, 11) is 1.31. The standard InChI is InChI=1S/C36H75N2O6P/c1-6-8-10-12-14-16-18-19-20-21-23-25-27-29-35(39)34(33-44-45(41,42)43-32-31-38(3,4)5)37-36(40)30-28-26-24-22-17-15-13-11-9-7-2/h34-35,39H,6-33H2,1-5H3,(H-,37,40,41,42). The van der Waals surface area contributed by atoms with Crippen LogP contribution in [0, 0.1) is 0 Å². The van der Waals surface area contributed by atoms with Crippen molar-refractivity contribution in [1.29, 1.82) is 0 Å². The molecule has 0 saturated heterocycles. The van der Waals surface area contributed by atoms with Crippen molar-refractivity contribution in [1.82, 2.24) is 5.32 Å². The zero-order chi connectivity index (χ0) is 33.7. The number of amides is 1. The number of phosphoric acid groups is 1. The first-order chi connectivity index (χ1) is 21.5. The minimum absolute atomic E-state index is 0.0154. The highest BCUT2D eigenvalue weighted by molar-refractivity contribution is 7.45. The number of phosphoric ester groups is 1. The Morgan fingerprint density at radius 2 is 1.09 bits per heavy atom. The third-order valence-electron chi connectivity index (χ3n) is 8.60. The number of nitrogens with one attached hydrogen (secondary N) is 1. The van der Waals surface area contributed by atoms with Crippen molar-refractivity contribution in [2.75, 3.05) is 40.9 Å². The molecule has 270 valence electrons. The van der Waals surface area contributed by atoms with Gasteiger partial charge in [-0.15, -0.1) is 0 Å². The molecule has 0 radical (unpaired) electrons.